The zero-order chi connectivity index (χ0) is 14.4. The predicted octanol–water partition coefficient (Wildman–Crippen LogP) is 2.86. The molecule has 1 atom stereocenters. The molecule has 0 bridgehead atoms. The van der Waals surface area contributed by atoms with Crippen molar-refractivity contribution in [2.24, 2.45) is 0 Å². The van der Waals surface area contributed by atoms with E-state index in [1.807, 2.05) is 19.2 Å². The smallest absolute Gasteiger partial charge is 0.140 e. The molecule has 0 saturated heterocycles. The van der Waals surface area contributed by atoms with E-state index in [4.69, 9.17) is 5.26 Å². The Hall–Kier alpha value is -2.12. The van der Waals surface area contributed by atoms with E-state index >= 15 is 0 Å². The van der Waals surface area contributed by atoms with Crippen LogP contribution in [0.3, 0.4) is 0 Å². The van der Waals surface area contributed by atoms with E-state index in [9.17, 15) is 0 Å². The summed E-state index contributed by atoms with van der Waals surface area (Å²) in [6, 6.07) is 8.42. The second kappa shape index (κ2) is 6.88. The van der Waals surface area contributed by atoms with Crippen LogP contribution in [0, 0.1) is 11.3 Å². The number of pyridine rings is 1. The van der Waals surface area contributed by atoms with Crippen LogP contribution < -0.4 is 5.32 Å². The molecule has 2 rings (SSSR count). The molecule has 1 unspecified atom stereocenters. The first-order valence-corrected chi connectivity index (χ1v) is 6.94. The van der Waals surface area contributed by atoms with Gasteiger partial charge in [0.1, 0.15) is 11.8 Å². The topological polar surface area (TPSA) is 53.6 Å². The van der Waals surface area contributed by atoms with Crippen LogP contribution in [-0.4, -0.2) is 16.6 Å². The third kappa shape index (κ3) is 3.46. The molecule has 2 heterocycles. The van der Waals surface area contributed by atoms with Gasteiger partial charge in [0.25, 0.3) is 0 Å². The van der Waals surface area contributed by atoms with Crippen LogP contribution in [-0.2, 0) is 6.54 Å². The standard InChI is InChI=1S/C16H20N4/c1-3-4-16(18-2)14-6-8-20(12-14)11-13-5-7-19-15(9-13)10-17/h5-9,12,16,18H,3-4,11H2,1-2H3. The van der Waals surface area contributed by atoms with E-state index in [0.29, 0.717) is 11.7 Å². The van der Waals surface area contributed by atoms with Crippen molar-refractivity contribution in [3.63, 3.8) is 0 Å². The van der Waals surface area contributed by atoms with E-state index in [0.717, 1.165) is 24.9 Å². The number of hydrogen-bond acceptors (Lipinski definition) is 3. The van der Waals surface area contributed by atoms with Gasteiger partial charge in [-0.15, -0.1) is 0 Å². The zero-order valence-electron chi connectivity index (χ0n) is 12.0. The van der Waals surface area contributed by atoms with Crippen LogP contribution in [0.2, 0.25) is 0 Å². The van der Waals surface area contributed by atoms with Crippen molar-refractivity contribution in [3.05, 3.63) is 53.6 Å². The summed E-state index contributed by atoms with van der Waals surface area (Å²) >= 11 is 0. The Morgan fingerprint density at radius 1 is 1.45 bits per heavy atom. The van der Waals surface area contributed by atoms with Gasteiger partial charge in [0.2, 0.25) is 0 Å². The molecule has 1 N–H and O–H groups in total. The van der Waals surface area contributed by atoms with Gasteiger partial charge in [-0.05, 0) is 42.8 Å². The molecule has 0 saturated carbocycles. The number of nitrogens with zero attached hydrogens (tertiary/aromatic N) is 3. The molecule has 0 amide bonds. The molecule has 2 aromatic heterocycles. The van der Waals surface area contributed by atoms with Crippen molar-refractivity contribution < 1.29 is 0 Å². The van der Waals surface area contributed by atoms with Crippen molar-refractivity contribution >= 4 is 0 Å². The van der Waals surface area contributed by atoms with E-state index in [1.54, 1.807) is 6.20 Å². The van der Waals surface area contributed by atoms with E-state index in [1.165, 1.54) is 5.56 Å². The van der Waals surface area contributed by atoms with Gasteiger partial charge < -0.3 is 9.88 Å². The Morgan fingerprint density at radius 2 is 2.30 bits per heavy atom. The molecule has 0 aromatic carbocycles. The summed E-state index contributed by atoms with van der Waals surface area (Å²) in [7, 11) is 2.00. The Kier molecular flexibility index (Phi) is 4.91. The minimum Gasteiger partial charge on any atom is -0.350 e. The minimum absolute atomic E-state index is 0.411. The fourth-order valence-electron chi connectivity index (χ4n) is 2.37. The van der Waals surface area contributed by atoms with Crippen LogP contribution >= 0.6 is 0 Å². The van der Waals surface area contributed by atoms with Gasteiger partial charge in [0.05, 0.1) is 0 Å². The van der Waals surface area contributed by atoms with Crippen molar-refractivity contribution in [3.8, 4) is 6.07 Å². The molecule has 0 aliphatic rings. The second-order valence-corrected chi connectivity index (χ2v) is 4.91. The Balaban J connectivity index is 2.11. The number of rotatable bonds is 6. The maximum atomic E-state index is 8.87. The first-order chi connectivity index (χ1) is 9.76. The molecule has 0 aliphatic heterocycles. The average Bonchev–Trinajstić information content (AvgIpc) is 2.93. The first kappa shape index (κ1) is 14.3. The van der Waals surface area contributed by atoms with Crippen molar-refractivity contribution in [1.29, 1.82) is 5.26 Å². The Labute approximate surface area is 120 Å². The summed E-state index contributed by atoms with van der Waals surface area (Å²) in [5.74, 6) is 0. The average molecular weight is 268 g/mol. The number of nitriles is 1. The van der Waals surface area contributed by atoms with Crippen LogP contribution in [0.5, 0.6) is 0 Å². The third-order valence-electron chi connectivity index (χ3n) is 3.41. The lowest BCUT2D eigenvalue weighted by Gasteiger charge is -2.13. The lowest BCUT2D eigenvalue weighted by atomic mass is 10.1. The first-order valence-electron chi connectivity index (χ1n) is 6.94. The highest BCUT2D eigenvalue weighted by Crippen LogP contribution is 2.18. The minimum atomic E-state index is 0.411. The molecule has 0 aliphatic carbocycles. The van der Waals surface area contributed by atoms with Gasteiger partial charge in [0.15, 0.2) is 0 Å². The van der Waals surface area contributed by atoms with Gasteiger partial charge in [-0.1, -0.05) is 13.3 Å². The Morgan fingerprint density at radius 3 is 3.00 bits per heavy atom. The summed E-state index contributed by atoms with van der Waals surface area (Å²) < 4.78 is 2.14. The fourth-order valence-corrected chi connectivity index (χ4v) is 2.37. The van der Waals surface area contributed by atoms with Crippen LogP contribution in [0.1, 0.15) is 42.6 Å². The summed E-state index contributed by atoms with van der Waals surface area (Å²) in [5.41, 5.74) is 2.87. The molecule has 104 valence electrons. The molecule has 0 radical (unpaired) electrons. The van der Waals surface area contributed by atoms with Gasteiger partial charge in [-0.25, -0.2) is 4.98 Å². The number of hydrogen-bond donors (Lipinski definition) is 1. The normalized spacial score (nSPS) is 12.1. The summed E-state index contributed by atoms with van der Waals surface area (Å²) in [6.07, 6.45) is 8.23. The summed E-state index contributed by atoms with van der Waals surface area (Å²) in [5, 5.41) is 12.2. The lowest BCUT2D eigenvalue weighted by Crippen LogP contribution is -2.15. The van der Waals surface area contributed by atoms with E-state index in [2.05, 4.69) is 46.3 Å². The second-order valence-electron chi connectivity index (χ2n) is 4.91. The predicted molar refractivity (Wildman–Crippen MR) is 79.2 cm³/mol. The van der Waals surface area contributed by atoms with Crippen molar-refractivity contribution in [2.75, 3.05) is 7.05 Å². The number of nitrogens with one attached hydrogen (secondary N) is 1. The van der Waals surface area contributed by atoms with Gasteiger partial charge >= 0.3 is 0 Å². The highest BCUT2D eigenvalue weighted by molar-refractivity contribution is 5.26. The van der Waals surface area contributed by atoms with E-state index in [-0.39, 0.29) is 0 Å². The molecule has 20 heavy (non-hydrogen) atoms. The zero-order valence-corrected chi connectivity index (χ0v) is 12.0. The molecule has 4 heteroatoms. The lowest BCUT2D eigenvalue weighted by molar-refractivity contribution is 0.540. The van der Waals surface area contributed by atoms with Crippen LogP contribution in [0.4, 0.5) is 0 Å². The van der Waals surface area contributed by atoms with Gasteiger partial charge in [0, 0.05) is 31.2 Å². The monoisotopic (exact) mass is 268 g/mol. The maximum Gasteiger partial charge on any atom is 0.140 e. The fraction of sp³-hybridized carbons (Fsp3) is 0.375. The largest absolute Gasteiger partial charge is 0.350 e. The highest BCUT2D eigenvalue weighted by atomic mass is 15.0. The molecular formula is C16H20N4. The van der Waals surface area contributed by atoms with Crippen molar-refractivity contribution in [1.82, 2.24) is 14.9 Å². The quantitative estimate of drug-likeness (QED) is 0.876. The SMILES string of the molecule is CCCC(NC)c1ccn(Cc2ccnc(C#N)c2)c1. The maximum absolute atomic E-state index is 8.87. The molecule has 2 aromatic rings. The van der Waals surface area contributed by atoms with Gasteiger partial charge in [-0.3, -0.25) is 0 Å². The van der Waals surface area contributed by atoms with E-state index < -0.39 is 0 Å². The highest BCUT2D eigenvalue weighted by Gasteiger charge is 2.09. The summed E-state index contributed by atoms with van der Waals surface area (Å²) in [4.78, 5) is 3.99. The molecule has 0 spiro atoms. The van der Waals surface area contributed by atoms with Crippen molar-refractivity contribution in [2.45, 2.75) is 32.4 Å². The number of aromatic nitrogens is 2. The molecule has 0 fully saturated rings. The third-order valence-corrected chi connectivity index (χ3v) is 3.41. The van der Waals surface area contributed by atoms with Gasteiger partial charge in [-0.2, -0.15) is 5.26 Å². The summed E-state index contributed by atoms with van der Waals surface area (Å²) in [6.45, 7) is 2.96. The van der Waals surface area contributed by atoms with Crippen LogP contribution in [0.25, 0.3) is 0 Å². The van der Waals surface area contributed by atoms with Crippen LogP contribution in [0.15, 0.2) is 36.8 Å². The molecule has 4 nitrogen and oxygen atoms in total. The Bertz CT molecular complexity index is 595. The molecular weight excluding hydrogens is 248 g/mol.